The molecule has 2 rings (SSSR count). The predicted octanol–water partition coefficient (Wildman–Crippen LogP) is 2.29. The summed E-state index contributed by atoms with van der Waals surface area (Å²) in [6.07, 6.45) is 0.733. The Morgan fingerprint density at radius 3 is 2.65 bits per heavy atom. The second-order valence-electron chi connectivity index (χ2n) is 5.24. The van der Waals surface area contributed by atoms with Crippen molar-refractivity contribution in [1.82, 2.24) is 15.5 Å². The van der Waals surface area contributed by atoms with E-state index in [1.165, 1.54) is 0 Å². The molecule has 2 N–H and O–H groups in total. The maximum atomic E-state index is 12.3. The number of benzene rings is 1. The van der Waals surface area contributed by atoms with Crippen LogP contribution < -0.4 is 10.6 Å². The van der Waals surface area contributed by atoms with Crippen LogP contribution in [0.3, 0.4) is 0 Å². The molecule has 1 aromatic heterocycles. The molecule has 0 spiro atoms. The average molecular weight is 316 g/mol. The molecular formula is C16H20N4O3. The van der Waals surface area contributed by atoms with E-state index in [-0.39, 0.29) is 24.3 Å². The Bertz CT molecular complexity index is 696. The summed E-state index contributed by atoms with van der Waals surface area (Å²) in [6.45, 7) is 5.59. The molecular weight excluding hydrogens is 296 g/mol. The van der Waals surface area contributed by atoms with E-state index < -0.39 is 0 Å². The SMILES string of the molecule is CCC(C)C(=O)Nc1ccccc1C(=O)NCc1nnc(C)o1. The highest BCUT2D eigenvalue weighted by atomic mass is 16.4. The first-order valence-corrected chi connectivity index (χ1v) is 7.48. The first-order valence-electron chi connectivity index (χ1n) is 7.48. The summed E-state index contributed by atoms with van der Waals surface area (Å²) in [7, 11) is 0. The summed E-state index contributed by atoms with van der Waals surface area (Å²) >= 11 is 0. The Morgan fingerprint density at radius 2 is 2.00 bits per heavy atom. The van der Waals surface area contributed by atoms with E-state index in [9.17, 15) is 9.59 Å². The topological polar surface area (TPSA) is 97.1 Å². The zero-order valence-corrected chi connectivity index (χ0v) is 13.4. The summed E-state index contributed by atoms with van der Waals surface area (Å²) in [5.41, 5.74) is 0.873. The number of nitrogens with one attached hydrogen (secondary N) is 2. The smallest absolute Gasteiger partial charge is 0.253 e. The van der Waals surface area contributed by atoms with Crippen LogP contribution in [0.4, 0.5) is 5.69 Å². The third-order valence-electron chi connectivity index (χ3n) is 3.46. The molecule has 1 aromatic carbocycles. The van der Waals surface area contributed by atoms with Crippen LogP contribution in [0.5, 0.6) is 0 Å². The zero-order chi connectivity index (χ0) is 16.8. The number of hydrogen-bond donors (Lipinski definition) is 2. The summed E-state index contributed by atoms with van der Waals surface area (Å²) in [6, 6.07) is 6.86. The molecule has 0 saturated carbocycles. The minimum absolute atomic E-state index is 0.111. The molecule has 1 heterocycles. The molecule has 2 amide bonds. The molecule has 122 valence electrons. The molecule has 0 aliphatic carbocycles. The third kappa shape index (κ3) is 4.38. The van der Waals surface area contributed by atoms with E-state index in [1.807, 2.05) is 13.8 Å². The van der Waals surface area contributed by atoms with E-state index in [2.05, 4.69) is 20.8 Å². The van der Waals surface area contributed by atoms with E-state index in [0.29, 0.717) is 23.0 Å². The monoisotopic (exact) mass is 316 g/mol. The summed E-state index contributed by atoms with van der Waals surface area (Å²) in [5, 5.41) is 13.0. The van der Waals surface area contributed by atoms with Crippen LogP contribution >= 0.6 is 0 Å². The van der Waals surface area contributed by atoms with Crippen LogP contribution in [0.1, 0.15) is 42.4 Å². The quantitative estimate of drug-likeness (QED) is 0.852. The van der Waals surface area contributed by atoms with Crippen molar-refractivity contribution in [2.45, 2.75) is 33.7 Å². The maximum Gasteiger partial charge on any atom is 0.253 e. The van der Waals surface area contributed by atoms with Crippen molar-refractivity contribution in [3.63, 3.8) is 0 Å². The fraction of sp³-hybridized carbons (Fsp3) is 0.375. The van der Waals surface area contributed by atoms with Gasteiger partial charge in [-0.1, -0.05) is 26.0 Å². The van der Waals surface area contributed by atoms with Crippen molar-refractivity contribution in [3.05, 3.63) is 41.6 Å². The Kier molecular flexibility index (Phi) is 5.46. The first kappa shape index (κ1) is 16.7. The standard InChI is InChI=1S/C16H20N4O3/c1-4-10(2)15(21)18-13-8-6-5-7-12(13)16(22)17-9-14-20-19-11(3)23-14/h5-8,10H,4,9H2,1-3H3,(H,17,22)(H,18,21). The van der Waals surface area contributed by atoms with Gasteiger partial charge in [0.05, 0.1) is 17.8 Å². The van der Waals surface area contributed by atoms with E-state index >= 15 is 0 Å². The lowest BCUT2D eigenvalue weighted by Gasteiger charge is -2.13. The van der Waals surface area contributed by atoms with Gasteiger partial charge in [-0.25, -0.2) is 0 Å². The summed E-state index contributed by atoms with van der Waals surface area (Å²) < 4.78 is 5.20. The highest BCUT2D eigenvalue weighted by Gasteiger charge is 2.16. The molecule has 7 nitrogen and oxygen atoms in total. The molecule has 1 unspecified atom stereocenters. The maximum absolute atomic E-state index is 12.3. The number of carbonyl (C=O) groups is 2. The van der Waals surface area contributed by atoms with Crippen LogP contribution in [-0.2, 0) is 11.3 Å². The molecule has 0 bridgehead atoms. The fourth-order valence-electron chi connectivity index (χ4n) is 1.89. The van der Waals surface area contributed by atoms with Gasteiger partial charge < -0.3 is 15.1 Å². The highest BCUT2D eigenvalue weighted by molar-refractivity contribution is 6.04. The highest BCUT2D eigenvalue weighted by Crippen LogP contribution is 2.17. The van der Waals surface area contributed by atoms with Gasteiger partial charge >= 0.3 is 0 Å². The lowest BCUT2D eigenvalue weighted by molar-refractivity contribution is -0.119. The lowest BCUT2D eigenvalue weighted by Crippen LogP contribution is -2.26. The van der Waals surface area contributed by atoms with Gasteiger partial charge in [0, 0.05) is 12.8 Å². The minimum atomic E-state index is -0.319. The number of aryl methyl sites for hydroxylation is 1. The number of carbonyl (C=O) groups excluding carboxylic acids is 2. The number of rotatable bonds is 6. The van der Waals surface area contributed by atoms with Crippen LogP contribution in [0.25, 0.3) is 0 Å². The van der Waals surface area contributed by atoms with Crippen molar-refractivity contribution in [2.24, 2.45) is 5.92 Å². The summed E-state index contributed by atoms with van der Waals surface area (Å²) in [4.78, 5) is 24.3. The Hall–Kier alpha value is -2.70. The molecule has 0 aliphatic rings. The summed E-state index contributed by atoms with van der Waals surface area (Å²) in [5.74, 6) is 0.223. The molecule has 23 heavy (non-hydrogen) atoms. The molecule has 0 saturated heterocycles. The normalized spacial score (nSPS) is 11.8. The predicted molar refractivity (Wildman–Crippen MR) is 84.7 cm³/mol. The number of hydrogen-bond acceptors (Lipinski definition) is 5. The largest absolute Gasteiger partial charge is 0.424 e. The molecule has 0 fully saturated rings. The Morgan fingerprint density at radius 1 is 1.26 bits per heavy atom. The minimum Gasteiger partial charge on any atom is -0.424 e. The van der Waals surface area contributed by atoms with Gasteiger partial charge in [0.25, 0.3) is 5.91 Å². The van der Waals surface area contributed by atoms with Crippen molar-refractivity contribution >= 4 is 17.5 Å². The first-order chi connectivity index (χ1) is 11.0. The second-order valence-corrected chi connectivity index (χ2v) is 5.24. The van der Waals surface area contributed by atoms with Crippen LogP contribution in [0, 0.1) is 12.8 Å². The van der Waals surface area contributed by atoms with Gasteiger partial charge in [0.15, 0.2) is 0 Å². The van der Waals surface area contributed by atoms with Gasteiger partial charge in [-0.05, 0) is 18.6 Å². The average Bonchev–Trinajstić information content (AvgIpc) is 2.97. The van der Waals surface area contributed by atoms with E-state index in [0.717, 1.165) is 6.42 Å². The number of anilines is 1. The van der Waals surface area contributed by atoms with Crippen LogP contribution in [-0.4, -0.2) is 22.0 Å². The number of amides is 2. The van der Waals surface area contributed by atoms with Crippen LogP contribution in [0.2, 0.25) is 0 Å². The number of nitrogens with zero attached hydrogens (tertiary/aromatic N) is 2. The Balaban J connectivity index is 2.06. The van der Waals surface area contributed by atoms with Crippen molar-refractivity contribution in [3.8, 4) is 0 Å². The molecule has 0 aliphatic heterocycles. The van der Waals surface area contributed by atoms with Gasteiger partial charge in [-0.2, -0.15) is 0 Å². The molecule has 0 radical (unpaired) electrons. The van der Waals surface area contributed by atoms with Gasteiger partial charge in [0.2, 0.25) is 17.7 Å². The molecule has 1 atom stereocenters. The van der Waals surface area contributed by atoms with E-state index in [1.54, 1.807) is 31.2 Å². The fourth-order valence-corrected chi connectivity index (χ4v) is 1.89. The van der Waals surface area contributed by atoms with Gasteiger partial charge in [0.1, 0.15) is 0 Å². The van der Waals surface area contributed by atoms with Crippen LogP contribution in [0.15, 0.2) is 28.7 Å². The second kappa shape index (κ2) is 7.53. The zero-order valence-electron chi connectivity index (χ0n) is 13.4. The lowest BCUT2D eigenvalue weighted by atomic mass is 10.1. The van der Waals surface area contributed by atoms with Crippen molar-refractivity contribution in [1.29, 1.82) is 0 Å². The number of para-hydroxylation sites is 1. The van der Waals surface area contributed by atoms with Gasteiger partial charge in [-0.3, -0.25) is 9.59 Å². The van der Waals surface area contributed by atoms with Crippen molar-refractivity contribution in [2.75, 3.05) is 5.32 Å². The number of aromatic nitrogens is 2. The molecule has 7 heteroatoms. The van der Waals surface area contributed by atoms with E-state index in [4.69, 9.17) is 4.42 Å². The van der Waals surface area contributed by atoms with Gasteiger partial charge in [-0.15, -0.1) is 10.2 Å². The van der Waals surface area contributed by atoms with Crippen molar-refractivity contribution < 1.29 is 14.0 Å². The third-order valence-corrected chi connectivity index (χ3v) is 3.46. The molecule has 2 aromatic rings. The Labute approximate surface area is 134 Å².